The van der Waals surface area contributed by atoms with Crippen molar-refractivity contribution in [2.75, 3.05) is 50.7 Å². The highest BCUT2D eigenvalue weighted by molar-refractivity contribution is 5.79. The topological polar surface area (TPSA) is 42.9 Å². The second kappa shape index (κ2) is 10.5. The van der Waals surface area contributed by atoms with E-state index in [9.17, 15) is 17.6 Å². The van der Waals surface area contributed by atoms with E-state index in [1.807, 2.05) is 17.9 Å². The number of alkyl halides is 3. The molecule has 1 saturated heterocycles. The van der Waals surface area contributed by atoms with Crippen LogP contribution in [0.15, 0.2) is 23.2 Å². The van der Waals surface area contributed by atoms with Crippen LogP contribution in [-0.4, -0.2) is 62.8 Å². The number of hydrogen-bond acceptors (Lipinski definition) is 3. The average molecular weight is 403 g/mol. The third-order valence-corrected chi connectivity index (χ3v) is 4.64. The van der Waals surface area contributed by atoms with E-state index >= 15 is 0 Å². The van der Waals surface area contributed by atoms with E-state index < -0.39 is 12.6 Å². The zero-order valence-corrected chi connectivity index (χ0v) is 16.4. The number of nitrogens with zero attached hydrogens (tertiary/aromatic N) is 3. The molecule has 0 aromatic heterocycles. The smallest absolute Gasteiger partial charge is 0.367 e. The molecule has 1 heterocycles. The molecule has 9 heteroatoms. The first-order valence-corrected chi connectivity index (χ1v) is 9.67. The Balaban J connectivity index is 1.95. The third kappa shape index (κ3) is 7.18. The molecule has 1 aromatic rings. The van der Waals surface area contributed by atoms with Crippen molar-refractivity contribution in [1.82, 2.24) is 15.5 Å². The maximum Gasteiger partial charge on any atom is 0.390 e. The predicted octanol–water partition coefficient (Wildman–Crippen LogP) is 2.98. The van der Waals surface area contributed by atoms with E-state index in [-0.39, 0.29) is 24.9 Å². The van der Waals surface area contributed by atoms with Crippen LogP contribution in [0.5, 0.6) is 0 Å². The highest BCUT2D eigenvalue weighted by Gasteiger charge is 2.26. The van der Waals surface area contributed by atoms with E-state index in [1.165, 1.54) is 6.07 Å². The minimum Gasteiger partial charge on any atom is -0.367 e. The van der Waals surface area contributed by atoms with Gasteiger partial charge in [-0.1, -0.05) is 13.0 Å². The molecule has 5 nitrogen and oxygen atoms in total. The first kappa shape index (κ1) is 22.3. The van der Waals surface area contributed by atoms with Gasteiger partial charge in [-0.05, 0) is 31.2 Å². The van der Waals surface area contributed by atoms with Gasteiger partial charge in [0.1, 0.15) is 5.82 Å². The highest BCUT2D eigenvalue weighted by Crippen LogP contribution is 2.22. The van der Waals surface area contributed by atoms with Gasteiger partial charge < -0.3 is 20.4 Å². The number of halogens is 4. The number of piperazine rings is 1. The fraction of sp³-hybridized carbons (Fsp3) is 0.632. The summed E-state index contributed by atoms with van der Waals surface area (Å²) in [6.07, 6.45) is -5.15. The summed E-state index contributed by atoms with van der Waals surface area (Å²) in [6.45, 7) is 8.79. The number of anilines is 1. The molecule has 0 radical (unpaired) electrons. The summed E-state index contributed by atoms with van der Waals surface area (Å²) < 4.78 is 51.4. The molecule has 1 fully saturated rings. The Bertz CT molecular complexity index is 640. The van der Waals surface area contributed by atoms with Gasteiger partial charge >= 0.3 is 6.18 Å². The third-order valence-electron chi connectivity index (χ3n) is 4.64. The normalized spacial score (nSPS) is 16.4. The average Bonchev–Trinajstić information content (AvgIpc) is 2.65. The summed E-state index contributed by atoms with van der Waals surface area (Å²) in [5.41, 5.74) is 1.25. The zero-order valence-electron chi connectivity index (χ0n) is 16.4. The number of likely N-dealkylation sites (N-methyl/N-ethyl adjacent to an activating group) is 1. The summed E-state index contributed by atoms with van der Waals surface area (Å²) in [4.78, 5) is 8.61. The molecule has 0 amide bonds. The van der Waals surface area contributed by atoms with Gasteiger partial charge in [0.15, 0.2) is 5.96 Å². The largest absolute Gasteiger partial charge is 0.390 e. The lowest BCUT2D eigenvalue weighted by Crippen LogP contribution is -2.46. The molecule has 158 valence electrons. The lowest BCUT2D eigenvalue weighted by molar-refractivity contribution is -0.132. The van der Waals surface area contributed by atoms with Gasteiger partial charge in [0.25, 0.3) is 0 Å². The number of guanidine groups is 1. The Kier molecular flexibility index (Phi) is 8.35. The molecular formula is C19H29F4N5. The first-order chi connectivity index (χ1) is 13.3. The van der Waals surface area contributed by atoms with Crippen LogP contribution < -0.4 is 15.5 Å². The Morgan fingerprint density at radius 1 is 1.11 bits per heavy atom. The number of benzene rings is 1. The van der Waals surface area contributed by atoms with E-state index in [0.717, 1.165) is 32.7 Å². The van der Waals surface area contributed by atoms with Gasteiger partial charge in [-0.3, -0.25) is 0 Å². The zero-order chi connectivity index (χ0) is 20.6. The van der Waals surface area contributed by atoms with Gasteiger partial charge in [-0.25, -0.2) is 9.38 Å². The lowest BCUT2D eigenvalue weighted by atomic mass is 10.1. The van der Waals surface area contributed by atoms with Crippen molar-refractivity contribution in [2.24, 2.45) is 4.99 Å². The molecule has 0 unspecified atom stereocenters. The van der Waals surface area contributed by atoms with Crippen molar-refractivity contribution in [3.63, 3.8) is 0 Å². The number of hydrogen-bond donors (Lipinski definition) is 2. The summed E-state index contributed by atoms with van der Waals surface area (Å²) in [7, 11) is 0. The van der Waals surface area contributed by atoms with E-state index in [1.54, 1.807) is 6.07 Å². The van der Waals surface area contributed by atoms with Crippen LogP contribution in [0.25, 0.3) is 0 Å². The van der Waals surface area contributed by atoms with Crippen LogP contribution in [0.1, 0.15) is 25.8 Å². The molecular weight excluding hydrogens is 374 g/mol. The number of rotatable bonds is 7. The van der Waals surface area contributed by atoms with Crippen LogP contribution in [0, 0.1) is 5.82 Å². The summed E-state index contributed by atoms with van der Waals surface area (Å²) in [5, 5.41) is 5.54. The van der Waals surface area contributed by atoms with Crippen molar-refractivity contribution in [3.8, 4) is 0 Å². The lowest BCUT2D eigenvalue weighted by Gasteiger charge is -2.35. The quantitative estimate of drug-likeness (QED) is 0.417. The standard InChI is InChI=1S/C19H29F4N5/c1-3-24-18(25-8-7-19(21,22)23)26-14-15-5-6-17(16(20)13-15)28-11-9-27(4-2)10-12-28/h5-6,13H,3-4,7-12,14H2,1-2H3,(H2,24,25,26). The van der Waals surface area contributed by atoms with Gasteiger partial charge in [0, 0.05) is 39.3 Å². The van der Waals surface area contributed by atoms with Crippen LogP contribution in [-0.2, 0) is 6.54 Å². The number of nitrogens with one attached hydrogen (secondary N) is 2. The summed E-state index contributed by atoms with van der Waals surface area (Å²) >= 11 is 0. The Labute approximate surface area is 163 Å². The van der Waals surface area contributed by atoms with Crippen molar-refractivity contribution in [3.05, 3.63) is 29.6 Å². The SMILES string of the molecule is CCNC(=NCc1ccc(N2CCN(CC)CC2)c(F)c1)NCCC(F)(F)F. The number of aliphatic imine (C=N–C) groups is 1. The van der Waals surface area contributed by atoms with Crippen LogP contribution in [0.2, 0.25) is 0 Å². The fourth-order valence-electron chi connectivity index (χ4n) is 3.04. The first-order valence-electron chi connectivity index (χ1n) is 9.67. The second-order valence-electron chi connectivity index (χ2n) is 6.69. The Morgan fingerprint density at radius 3 is 2.39 bits per heavy atom. The highest BCUT2D eigenvalue weighted by atomic mass is 19.4. The van der Waals surface area contributed by atoms with Crippen molar-refractivity contribution in [2.45, 2.75) is 33.0 Å². The van der Waals surface area contributed by atoms with Gasteiger partial charge in [0.05, 0.1) is 18.7 Å². The monoisotopic (exact) mass is 403 g/mol. The van der Waals surface area contributed by atoms with E-state index in [4.69, 9.17) is 0 Å². The Morgan fingerprint density at radius 2 is 1.82 bits per heavy atom. The van der Waals surface area contributed by atoms with Gasteiger partial charge in [0.2, 0.25) is 0 Å². The van der Waals surface area contributed by atoms with Crippen molar-refractivity contribution < 1.29 is 17.6 Å². The molecule has 0 spiro atoms. The van der Waals surface area contributed by atoms with Crippen LogP contribution in [0.4, 0.5) is 23.2 Å². The molecule has 28 heavy (non-hydrogen) atoms. The maximum absolute atomic E-state index is 14.6. The van der Waals surface area contributed by atoms with Crippen LogP contribution >= 0.6 is 0 Å². The summed E-state index contributed by atoms with van der Waals surface area (Å²) in [6, 6.07) is 5.02. The molecule has 0 aliphatic carbocycles. The van der Waals surface area contributed by atoms with E-state index in [0.29, 0.717) is 17.8 Å². The minimum absolute atomic E-state index is 0.183. The van der Waals surface area contributed by atoms with Crippen molar-refractivity contribution >= 4 is 11.6 Å². The van der Waals surface area contributed by atoms with E-state index in [2.05, 4.69) is 27.4 Å². The minimum atomic E-state index is -4.22. The summed E-state index contributed by atoms with van der Waals surface area (Å²) in [5.74, 6) is -0.0143. The fourth-order valence-corrected chi connectivity index (χ4v) is 3.04. The molecule has 2 N–H and O–H groups in total. The Hall–Kier alpha value is -2.03. The molecule has 1 aromatic carbocycles. The molecule has 1 aliphatic rings. The molecule has 2 rings (SSSR count). The molecule has 1 aliphatic heterocycles. The van der Waals surface area contributed by atoms with Gasteiger partial charge in [-0.2, -0.15) is 13.2 Å². The van der Waals surface area contributed by atoms with Crippen LogP contribution in [0.3, 0.4) is 0 Å². The predicted molar refractivity (Wildman–Crippen MR) is 104 cm³/mol. The molecule has 0 saturated carbocycles. The van der Waals surface area contributed by atoms with Crippen molar-refractivity contribution in [1.29, 1.82) is 0 Å². The molecule has 0 bridgehead atoms. The molecule has 0 atom stereocenters. The maximum atomic E-state index is 14.6. The van der Waals surface area contributed by atoms with Gasteiger partial charge in [-0.15, -0.1) is 0 Å². The second-order valence-corrected chi connectivity index (χ2v) is 6.69.